The lowest BCUT2D eigenvalue weighted by atomic mass is 10.2. The average molecular weight is 337 g/mol. The fraction of sp³-hybridized carbons (Fsp3) is 0.529. The van der Waals surface area contributed by atoms with Crippen molar-refractivity contribution < 1.29 is 19.1 Å². The molecule has 3 N–H and O–H groups in total. The molecular formula is C17H27N3O4. The summed E-state index contributed by atoms with van der Waals surface area (Å²) in [6.07, 6.45) is 0.864. The van der Waals surface area contributed by atoms with Gasteiger partial charge in [0.05, 0.1) is 25.4 Å². The Balaban J connectivity index is 2.28. The molecule has 0 unspecified atom stereocenters. The molecule has 1 aromatic rings. The molecular weight excluding hydrogens is 310 g/mol. The van der Waals surface area contributed by atoms with Crippen LogP contribution in [0.15, 0.2) is 18.2 Å². The Morgan fingerprint density at radius 2 is 2.00 bits per heavy atom. The Kier molecular flexibility index (Phi) is 8.64. The lowest BCUT2D eigenvalue weighted by molar-refractivity contribution is -0.118. The van der Waals surface area contributed by atoms with Gasteiger partial charge in [-0.3, -0.25) is 10.1 Å². The van der Waals surface area contributed by atoms with Crippen LogP contribution in [0.25, 0.3) is 0 Å². The van der Waals surface area contributed by atoms with E-state index in [4.69, 9.17) is 9.47 Å². The number of rotatable bonds is 9. The maximum atomic E-state index is 11.8. The van der Waals surface area contributed by atoms with E-state index in [2.05, 4.69) is 16.0 Å². The van der Waals surface area contributed by atoms with Gasteiger partial charge in [-0.2, -0.15) is 0 Å². The third-order valence-corrected chi connectivity index (χ3v) is 3.11. The first-order chi connectivity index (χ1) is 11.4. The van der Waals surface area contributed by atoms with E-state index in [1.54, 1.807) is 7.11 Å². The molecule has 1 aromatic carbocycles. The van der Waals surface area contributed by atoms with Crippen LogP contribution in [-0.2, 0) is 9.53 Å². The highest BCUT2D eigenvalue weighted by Gasteiger charge is 2.09. The second-order valence-corrected chi connectivity index (χ2v) is 5.63. The standard InChI is InChI=1S/C17H27N3O4/c1-12(2)24-9-5-8-18-17(22)20-16(21)11-19-14-10-13(3)6-7-15(14)23-4/h6-7,10,12,19H,5,8-9,11H2,1-4H3,(H2,18,20,21,22). The fourth-order valence-electron chi connectivity index (χ4n) is 1.94. The van der Waals surface area contributed by atoms with Crippen molar-refractivity contribution in [2.45, 2.75) is 33.3 Å². The van der Waals surface area contributed by atoms with Crippen LogP contribution in [0.4, 0.5) is 10.5 Å². The lowest BCUT2D eigenvalue weighted by Crippen LogP contribution is -2.42. The van der Waals surface area contributed by atoms with Gasteiger partial charge in [-0.1, -0.05) is 6.07 Å². The summed E-state index contributed by atoms with van der Waals surface area (Å²) >= 11 is 0. The molecule has 1 rings (SSSR count). The van der Waals surface area contributed by atoms with Crippen LogP contribution in [0.5, 0.6) is 5.75 Å². The first-order valence-electron chi connectivity index (χ1n) is 8.00. The second-order valence-electron chi connectivity index (χ2n) is 5.63. The van der Waals surface area contributed by atoms with E-state index >= 15 is 0 Å². The number of aryl methyl sites for hydroxylation is 1. The number of imide groups is 1. The quantitative estimate of drug-likeness (QED) is 0.600. The number of hydrogen-bond donors (Lipinski definition) is 3. The largest absolute Gasteiger partial charge is 0.495 e. The maximum Gasteiger partial charge on any atom is 0.321 e. The minimum Gasteiger partial charge on any atom is -0.495 e. The summed E-state index contributed by atoms with van der Waals surface area (Å²) in [5.74, 6) is 0.220. The van der Waals surface area contributed by atoms with Gasteiger partial charge in [-0.25, -0.2) is 4.79 Å². The zero-order valence-corrected chi connectivity index (χ0v) is 14.8. The van der Waals surface area contributed by atoms with Gasteiger partial charge in [-0.15, -0.1) is 0 Å². The molecule has 0 radical (unpaired) electrons. The molecule has 0 fully saturated rings. The second kappa shape index (κ2) is 10.5. The number of anilines is 1. The Morgan fingerprint density at radius 3 is 2.67 bits per heavy atom. The highest BCUT2D eigenvalue weighted by molar-refractivity contribution is 5.96. The van der Waals surface area contributed by atoms with Crippen molar-refractivity contribution in [1.82, 2.24) is 10.6 Å². The third kappa shape index (κ3) is 7.82. The van der Waals surface area contributed by atoms with Crippen LogP contribution >= 0.6 is 0 Å². The lowest BCUT2D eigenvalue weighted by Gasteiger charge is -2.12. The monoisotopic (exact) mass is 337 g/mol. The van der Waals surface area contributed by atoms with Gasteiger partial charge >= 0.3 is 6.03 Å². The highest BCUT2D eigenvalue weighted by atomic mass is 16.5. The number of hydrogen-bond acceptors (Lipinski definition) is 5. The molecule has 0 saturated carbocycles. The van der Waals surface area contributed by atoms with E-state index in [9.17, 15) is 9.59 Å². The molecule has 7 heteroatoms. The van der Waals surface area contributed by atoms with Gasteiger partial charge < -0.3 is 20.1 Å². The predicted octanol–water partition coefficient (Wildman–Crippen LogP) is 2.06. The summed E-state index contributed by atoms with van der Waals surface area (Å²) in [6, 6.07) is 5.10. The van der Waals surface area contributed by atoms with E-state index < -0.39 is 11.9 Å². The van der Waals surface area contributed by atoms with Gasteiger partial charge in [0.15, 0.2) is 0 Å². The van der Waals surface area contributed by atoms with Crippen LogP contribution in [0.1, 0.15) is 25.8 Å². The summed E-state index contributed by atoms with van der Waals surface area (Å²) < 4.78 is 10.6. The highest BCUT2D eigenvalue weighted by Crippen LogP contribution is 2.24. The van der Waals surface area contributed by atoms with Crippen molar-refractivity contribution in [3.63, 3.8) is 0 Å². The molecule has 3 amide bonds. The topological polar surface area (TPSA) is 88.7 Å². The predicted molar refractivity (Wildman–Crippen MR) is 93.5 cm³/mol. The van der Waals surface area contributed by atoms with Crippen molar-refractivity contribution in [1.29, 1.82) is 0 Å². The van der Waals surface area contributed by atoms with Gasteiger partial charge in [0.2, 0.25) is 5.91 Å². The van der Waals surface area contributed by atoms with Crippen LogP contribution < -0.4 is 20.7 Å². The maximum absolute atomic E-state index is 11.8. The van der Waals surface area contributed by atoms with Crippen LogP contribution in [0.3, 0.4) is 0 Å². The van der Waals surface area contributed by atoms with Crippen molar-refractivity contribution in [2.75, 3.05) is 32.1 Å². The van der Waals surface area contributed by atoms with Crippen molar-refractivity contribution in [3.05, 3.63) is 23.8 Å². The third-order valence-electron chi connectivity index (χ3n) is 3.11. The number of carbonyl (C=O) groups is 2. The summed E-state index contributed by atoms with van der Waals surface area (Å²) in [5.41, 5.74) is 1.75. The Labute approximate surface area is 143 Å². The number of carbonyl (C=O) groups excluding carboxylic acids is 2. The molecule has 0 bridgehead atoms. The van der Waals surface area contributed by atoms with E-state index in [1.165, 1.54) is 0 Å². The smallest absolute Gasteiger partial charge is 0.321 e. The van der Waals surface area contributed by atoms with Crippen LogP contribution in [-0.4, -0.2) is 44.8 Å². The van der Waals surface area contributed by atoms with Crippen LogP contribution in [0.2, 0.25) is 0 Å². The normalized spacial score (nSPS) is 10.4. The molecule has 0 aromatic heterocycles. The molecule has 0 atom stereocenters. The zero-order chi connectivity index (χ0) is 17.9. The number of urea groups is 1. The molecule has 0 aliphatic rings. The van der Waals surface area contributed by atoms with Gasteiger partial charge in [0.25, 0.3) is 0 Å². The molecule has 0 aliphatic heterocycles. The summed E-state index contributed by atoms with van der Waals surface area (Å²) in [7, 11) is 1.56. The summed E-state index contributed by atoms with van der Waals surface area (Å²) in [5, 5.41) is 7.84. The van der Waals surface area contributed by atoms with Gasteiger partial charge in [0.1, 0.15) is 5.75 Å². The molecule has 7 nitrogen and oxygen atoms in total. The fourth-order valence-corrected chi connectivity index (χ4v) is 1.94. The Morgan fingerprint density at radius 1 is 1.25 bits per heavy atom. The molecule has 134 valence electrons. The number of nitrogens with one attached hydrogen (secondary N) is 3. The molecule has 0 heterocycles. The van der Waals surface area contributed by atoms with E-state index in [0.717, 1.165) is 5.56 Å². The van der Waals surface area contributed by atoms with Gasteiger partial charge in [-0.05, 0) is 44.9 Å². The molecule has 0 aliphatic carbocycles. The summed E-state index contributed by atoms with van der Waals surface area (Å²) in [4.78, 5) is 23.4. The first kappa shape index (κ1) is 19.8. The van der Waals surface area contributed by atoms with E-state index in [0.29, 0.717) is 31.0 Å². The zero-order valence-electron chi connectivity index (χ0n) is 14.8. The number of methoxy groups -OCH3 is 1. The SMILES string of the molecule is COc1ccc(C)cc1NCC(=O)NC(=O)NCCCOC(C)C. The van der Waals surface area contributed by atoms with Crippen molar-refractivity contribution in [2.24, 2.45) is 0 Å². The number of benzene rings is 1. The minimum atomic E-state index is -0.512. The Hall–Kier alpha value is -2.28. The molecule has 24 heavy (non-hydrogen) atoms. The molecule has 0 spiro atoms. The summed E-state index contributed by atoms with van der Waals surface area (Å²) in [6.45, 7) is 6.85. The van der Waals surface area contributed by atoms with Crippen molar-refractivity contribution in [3.8, 4) is 5.75 Å². The number of ether oxygens (including phenoxy) is 2. The van der Waals surface area contributed by atoms with Gasteiger partial charge in [0, 0.05) is 13.2 Å². The van der Waals surface area contributed by atoms with E-state index in [1.807, 2.05) is 39.0 Å². The van der Waals surface area contributed by atoms with Crippen LogP contribution in [0, 0.1) is 6.92 Å². The van der Waals surface area contributed by atoms with E-state index in [-0.39, 0.29) is 12.6 Å². The van der Waals surface area contributed by atoms with Crippen molar-refractivity contribution >= 4 is 17.6 Å². The Bertz CT molecular complexity index is 547. The molecule has 0 saturated heterocycles. The first-order valence-corrected chi connectivity index (χ1v) is 8.00. The minimum absolute atomic E-state index is 0.0241. The average Bonchev–Trinajstić information content (AvgIpc) is 2.52. The number of amides is 3.